The van der Waals surface area contributed by atoms with Crippen molar-refractivity contribution in [2.45, 2.75) is 4.90 Å². The minimum Gasteiger partial charge on any atom is -0.376 e. The second kappa shape index (κ2) is 4.25. The third-order valence-electron chi connectivity index (χ3n) is 1.39. The average Bonchev–Trinajstić information content (AvgIpc) is 2.03. The molecule has 0 unspecified atom stereocenters. The second-order valence-corrected chi connectivity index (χ2v) is 3.26. The van der Waals surface area contributed by atoms with Crippen molar-refractivity contribution in [1.82, 2.24) is 5.32 Å². The van der Waals surface area contributed by atoms with Crippen LogP contribution in [0.5, 0.6) is 0 Å². The van der Waals surface area contributed by atoms with Gasteiger partial charge >= 0.3 is 0 Å². The van der Waals surface area contributed by atoms with E-state index in [-0.39, 0.29) is 11.0 Å². The van der Waals surface area contributed by atoms with Crippen LogP contribution in [0.25, 0.3) is 0 Å². The molecule has 0 saturated carbocycles. The van der Waals surface area contributed by atoms with Crippen molar-refractivity contribution in [2.24, 2.45) is 5.73 Å². The van der Waals surface area contributed by atoms with Crippen LogP contribution < -0.4 is 11.1 Å². The highest BCUT2D eigenvalue weighted by Gasteiger charge is 2.08. The molecule has 0 fully saturated rings. The lowest BCUT2D eigenvalue weighted by Crippen LogP contribution is -2.34. The molecule has 3 N–H and O–H groups in total. The summed E-state index contributed by atoms with van der Waals surface area (Å²) in [5.74, 6) is -0.335. The van der Waals surface area contributed by atoms with E-state index in [2.05, 4.69) is 30.2 Å². The number of hydrogen-bond acceptors (Lipinski definition) is 3. The number of thiocarbonyl (C=S) groups is 1. The zero-order valence-corrected chi connectivity index (χ0v) is 8.36. The fourth-order valence-corrected chi connectivity index (χ4v) is 1.20. The molecule has 5 heteroatoms. The number of carbonyl (C=O) groups excluding carboxylic acids is 1. The maximum Gasteiger partial charge on any atom is 0.258 e. The number of carbonyl (C=O) groups is 1. The molecule has 0 aliphatic rings. The number of hydrogen-bond donors (Lipinski definition) is 3. The predicted molar refractivity (Wildman–Crippen MR) is 57.9 cm³/mol. The Bertz CT molecular complexity index is 352. The highest BCUT2D eigenvalue weighted by atomic mass is 32.1. The van der Waals surface area contributed by atoms with E-state index in [0.29, 0.717) is 10.5 Å². The molecule has 0 aliphatic carbocycles. The largest absolute Gasteiger partial charge is 0.376 e. The topological polar surface area (TPSA) is 55.1 Å². The van der Waals surface area contributed by atoms with Crippen LogP contribution in [-0.4, -0.2) is 11.0 Å². The quantitative estimate of drug-likeness (QED) is 0.480. The lowest BCUT2D eigenvalue weighted by atomic mass is 10.2. The fraction of sp³-hybridized carbons (Fsp3) is 0. The Morgan fingerprint density at radius 1 is 1.46 bits per heavy atom. The van der Waals surface area contributed by atoms with Crippen molar-refractivity contribution in [2.75, 3.05) is 0 Å². The molecule has 68 valence electrons. The van der Waals surface area contributed by atoms with Gasteiger partial charge in [0, 0.05) is 4.90 Å². The molecule has 1 rings (SSSR count). The Kier molecular flexibility index (Phi) is 3.27. The van der Waals surface area contributed by atoms with Gasteiger partial charge in [-0.2, -0.15) is 0 Å². The molecular formula is C8H8N2OS2. The number of benzene rings is 1. The maximum atomic E-state index is 11.3. The molecule has 1 aromatic carbocycles. The van der Waals surface area contributed by atoms with Crippen LogP contribution in [0.1, 0.15) is 10.4 Å². The Morgan fingerprint density at radius 3 is 2.62 bits per heavy atom. The summed E-state index contributed by atoms with van der Waals surface area (Å²) in [4.78, 5) is 11.9. The zero-order valence-electron chi connectivity index (χ0n) is 6.65. The molecule has 0 heterocycles. The fourth-order valence-electron chi connectivity index (χ4n) is 0.845. The summed E-state index contributed by atoms with van der Waals surface area (Å²) in [6.07, 6.45) is 0. The highest BCUT2D eigenvalue weighted by molar-refractivity contribution is 7.80. The van der Waals surface area contributed by atoms with Crippen LogP contribution in [-0.2, 0) is 0 Å². The molecule has 13 heavy (non-hydrogen) atoms. The van der Waals surface area contributed by atoms with Gasteiger partial charge in [-0.05, 0) is 24.4 Å². The maximum absolute atomic E-state index is 11.3. The van der Waals surface area contributed by atoms with E-state index in [1.54, 1.807) is 24.3 Å². The third-order valence-corrected chi connectivity index (χ3v) is 1.88. The van der Waals surface area contributed by atoms with E-state index in [1.165, 1.54) is 0 Å². The number of nitrogens with two attached hydrogens (primary N) is 1. The Morgan fingerprint density at radius 2 is 2.08 bits per heavy atom. The van der Waals surface area contributed by atoms with Gasteiger partial charge in [0.15, 0.2) is 5.11 Å². The van der Waals surface area contributed by atoms with Gasteiger partial charge < -0.3 is 5.73 Å². The third kappa shape index (κ3) is 2.71. The van der Waals surface area contributed by atoms with E-state index in [1.807, 2.05) is 0 Å². The van der Waals surface area contributed by atoms with Gasteiger partial charge in [-0.25, -0.2) is 0 Å². The molecule has 0 bridgehead atoms. The molecule has 0 atom stereocenters. The lowest BCUT2D eigenvalue weighted by Gasteiger charge is -2.04. The van der Waals surface area contributed by atoms with E-state index < -0.39 is 0 Å². The van der Waals surface area contributed by atoms with Crippen molar-refractivity contribution in [3.63, 3.8) is 0 Å². The summed E-state index contributed by atoms with van der Waals surface area (Å²) in [6, 6.07) is 6.90. The highest BCUT2D eigenvalue weighted by Crippen LogP contribution is 2.12. The van der Waals surface area contributed by atoms with Crippen molar-refractivity contribution in [3.8, 4) is 0 Å². The molecule has 3 nitrogen and oxygen atoms in total. The van der Waals surface area contributed by atoms with Crippen LogP contribution in [0.15, 0.2) is 29.2 Å². The standard InChI is InChI=1S/C8H8N2OS2/c9-8(13)10-7(11)5-3-1-2-4-6(5)12/h1-4,12H,(H3,9,10,11,13). The average molecular weight is 212 g/mol. The molecule has 0 spiro atoms. The van der Waals surface area contributed by atoms with Crippen molar-refractivity contribution in [3.05, 3.63) is 29.8 Å². The normalized spacial score (nSPS) is 9.31. The van der Waals surface area contributed by atoms with Gasteiger partial charge in [0.2, 0.25) is 0 Å². The Balaban J connectivity index is 2.89. The molecule has 0 saturated heterocycles. The molecular weight excluding hydrogens is 204 g/mol. The van der Waals surface area contributed by atoms with Crippen LogP contribution in [0.3, 0.4) is 0 Å². The summed E-state index contributed by atoms with van der Waals surface area (Å²) in [5, 5.41) is 2.28. The van der Waals surface area contributed by atoms with Crippen LogP contribution in [0.2, 0.25) is 0 Å². The minimum atomic E-state index is -0.335. The summed E-state index contributed by atoms with van der Waals surface area (Å²) >= 11 is 8.65. The number of rotatable bonds is 1. The Labute approximate surface area is 86.7 Å². The summed E-state index contributed by atoms with van der Waals surface area (Å²) < 4.78 is 0. The van der Waals surface area contributed by atoms with Gasteiger partial charge in [-0.1, -0.05) is 12.1 Å². The molecule has 0 radical (unpaired) electrons. The molecule has 1 aromatic rings. The van der Waals surface area contributed by atoms with Crippen LogP contribution in [0, 0.1) is 0 Å². The summed E-state index contributed by atoms with van der Waals surface area (Å²) in [6.45, 7) is 0. The molecule has 0 aromatic heterocycles. The van der Waals surface area contributed by atoms with Gasteiger partial charge in [0.25, 0.3) is 5.91 Å². The smallest absolute Gasteiger partial charge is 0.258 e. The van der Waals surface area contributed by atoms with Gasteiger partial charge in [0.1, 0.15) is 0 Å². The van der Waals surface area contributed by atoms with E-state index in [9.17, 15) is 4.79 Å². The van der Waals surface area contributed by atoms with Gasteiger partial charge in [-0.3, -0.25) is 10.1 Å². The van der Waals surface area contributed by atoms with Crippen molar-refractivity contribution >= 4 is 35.9 Å². The van der Waals surface area contributed by atoms with Crippen LogP contribution in [0.4, 0.5) is 0 Å². The number of thiol groups is 1. The monoisotopic (exact) mass is 212 g/mol. The first-order chi connectivity index (χ1) is 6.11. The predicted octanol–water partition coefficient (Wildman–Crippen LogP) is 0.949. The SMILES string of the molecule is NC(=S)NC(=O)c1ccccc1S. The van der Waals surface area contributed by atoms with Gasteiger partial charge in [-0.15, -0.1) is 12.6 Å². The minimum absolute atomic E-state index is 0.0402. The number of amides is 1. The number of nitrogens with one attached hydrogen (secondary N) is 1. The summed E-state index contributed by atoms with van der Waals surface area (Å²) in [5.41, 5.74) is 5.61. The first-order valence-corrected chi connectivity index (χ1v) is 4.35. The lowest BCUT2D eigenvalue weighted by molar-refractivity contribution is 0.0974. The molecule has 1 amide bonds. The van der Waals surface area contributed by atoms with E-state index >= 15 is 0 Å². The van der Waals surface area contributed by atoms with Crippen LogP contribution >= 0.6 is 24.8 Å². The second-order valence-electron chi connectivity index (χ2n) is 2.34. The van der Waals surface area contributed by atoms with Gasteiger partial charge in [0.05, 0.1) is 5.56 Å². The van der Waals surface area contributed by atoms with E-state index in [0.717, 1.165) is 0 Å². The van der Waals surface area contributed by atoms with Crippen molar-refractivity contribution in [1.29, 1.82) is 0 Å². The molecule has 0 aliphatic heterocycles. The first kappa shape index (κ1) is 10.0. The van der Waals surface area contributed by atoms with E-state index in [4.69, 9.17) is 5.73 Å². The Hall–Kier alpha value is -1.07. The summed E-state index contributed by atoms with van der Waals surface area (Å²) in [7, 11) is 0. The zero-order chi connectivity index (χ0) is 9.84. The van der Waals surface area contributed by atoms with Crippen molar-refractivity contribution < 1.29 is 4.79 Å². The first-order valence-electron chi connectivity index (χ1n) is 3.50.